The van der Waals surface area contributed by atoms with E-state index in [1.54, 1.807) is 0 Å². The number of rotatable bonds is 5. The fraction of sp³-hybridized carbons (Fsp3) is 0.750. The molecule has 1 amide bonds. The Bertz CT molecular complexity index is 462. The predicted molar refractivity (Wildman–Crippen MR) is 68.3 cm³/mol. The van der Waals surface area contributed by atoms with Crippen LogP contribution >= 0.6 is 0 Å². The first-order valence-corrected chi connectivity index (χ1v) is 6.72. The van der Waals surface area contributed by atoms with Crippen molar-refractivity contribution in [3.63, 3.8) is 0 Å². The van der Waals surface area contributed by atoms with Crippen LogP contribution in [-0.2, 0) is 4.79 Å². The second-order valence-corrected chi connectivity index (χ2v) is 5.36. The van der Waals surface area contributed by atoms with Crippen molar-refractivity contribution in [1.29, 1.82) is 0 Å². The van der Waals surface area contributed by atoms with Gasteiger partial charge >= 0.3 is 6.18 Å². The third-order valence-corrected chi connectivity index (χ3v) is 3.59. The molecule has 1 aromatic heterocycles. The van der Waals surface area contributed by atoms with Crippen LogP contribution in [0, 0.1) is 5.92 Å². The Morgan fingerprint density at radius 1 is 1.52 bits per heavy atom. The minimum Gasteiger partial charge on any atom is -0.354 e. The van der Waals surface area contributed by atoms with E-state index >= 15 is 0 Å². The van der Waals surface area contributed by atoms with Crippen LogP contribution in [0.1, 0.15) is 18.9 Å². The van der Waals surface area contributed by atoms with Gasteiger partial charge in [-0.05, 0) is 25.9 Å². The second-order valence-electron chi connectivity index (χ2n) is 5.36. The average molecular weight is 305 g/mol. The maximum Gasteiger partial charge on any atom is 0.412 e. The summed E-state index contributed by atoms with van der Waals surface area (Å²) in [5.74, 6) is -0.143. The van der Waals surface area contributed by atoms with Gasteiger partial charge in [0, 0.05) is 19.5 Å². The molecule has 2 atom stereocenters. The zero-order chi connectivity index (χ0) is 15.5. The quantitative estimate of drug-likeness (QED) is 0.875. The van der Waals surface area contributed by atoms with E-state index in [1.165, 1.54) is 0 Å². The third-order valence-electron chi connectivity index (χ3n) is 3.59. The van der Waals surface area contributed by atoms with Gasteiger partial charge in [0.15, 0.2) is 6.04 Å². The zero-order valence-electron chi connectivity index (χ0n) is 11.7. The number of likely N-dealkylation sites (tertiary alicyclic amines) is 1. The van der Waals surface area contributed by atoms with Gasteiger partial charge < -0.3 is 10.2 Å². The molecule has 0 spiro atoms. The van der Waals surface area contributed by atoms with Gasteiger partial charge in [0.05, 0.1) is 0 Å². The normalized spacial score (nSPS) is 21.4. The lowest BCUT2D eigenvalue weighted by Crippen LogP contribution is -2.39. The second kappa shape index (κ2) is 6.42. The molecule has 1 aromatic rings. The van der Waals surface area contributed by atoms with Crippen LogP contribution in [0.2, 0.25) is 0 Å². The standard InChI is InChI=1S/C12H18F3N5O/c1-19-3-2-9(6-19)4-11(21)17-5-10(12(13,14)15)20-8-16-7-18-20/h7-10H,2-6H2,1H3,(H,17,21). The van der Waals surface area contributed by atoms with Gasteiger partial charge in [-0.3, -0.25) is 4.79 Å². The molecular weight excluding hydrogens is 287 g/mol. The minimum absolute atomic E-state index is 0.214. The smallest absolute Gasteiger partial charge is 0.354 e. The van der Waals surface area contributed by atoms with Gasteiger partial charge in [0.25, 0.3) is 0 Å². The van der Waals surface area contributed by atoms with E-state index in [0.29, 0.717) is 4.68 Å². The van der Waals surface area contributed by atoms with Crippen molar-refractivity contribution in [2.45, 2.75) is 25.1 Å². The molecule has 1 aliphatic heterocycles. The molecule has 2 unspecified atom stereocenters. The highest BCUT2D eigenvalue weighted by atomic mass is 19.4. The number of halogens is 3. The molecule has 1 N–H and O–H groups in total. The number of nitrogens with one attached hydrogen (secondary N) is 1. The lowest BCUT2D eigenvalue weighted by molar-refractivity contribution is -0.169. The number of amides is 1. The van der Waals surface area contributed by atoms with Gasteiger partial charge in [0.2, 0.25) is 5.91 Å². The number of nitrogens with zero attached hydrogens (tertiary/aromatic N) is 4. The van der Waals surface area contributed by atoms with Gasteiger partial charge in [-0.25, -0.2) is 9.67 Å². The van der Waals surface area contributed by atoms with Gasteiger partial charge in [-0.1, -0.05) is 0 Å². The van der Waals surface area contributed by atoms with Crippen LogP contribution in [0.25, 0.3) is 0 Å². The summed E-state index contributed by atoms with van der Waals surface area (Å²) in [5, 5.41) is 5.86. The monoisotopic (exact) mass is 305 g/mol. The molecule has 1 aliphatic rings. The molecule has 0 bridgehead atoms. The van der Waals surface area contributed by atoms with Gasteiger partial charge in [-0.2, -0.15) is 18.3 Å². The van der Waals surface area contributed by atoms with Crippen LogP contribution in [0.15, 0.2) is 12.7 Å². The Hall–Kier alpha value is -1.64. The highest BCUT2D eigenvalue weighted by Gasteiger charge is 2.42. The molecule has 0 aliphatic carbocycles. The molecule has 21 heavy (non-hydrogen) atoms. The van der Waals surface area contributed by atoms with Crippen molar-refractivity contribution in [3.8, 4) is 0 Å². The summed E-state index contributed by atoms with van der Waals surface area (Å²) in [6, 6.07) is -1.89. The summed E-state index contributed by atoms with van der Waals surface area (Å²) in [6.07, 6.45) is -1.30. The van der Waals surface area contributed by atoms with Gasteiger partial charge in [-0.15, -0.1) is 0 Å². The van der Waals surface area contributed by atoms with E-state index in [4.69, 9.17) is 0 Å². The Morgan fingerprint density at radius 3 is 2.81 bits per heavy atom. The van der Waals surface area contributed by atoms with Crippen LogP contribution in [0.3, 0.4) is 0 Å². The molecule has 1 saturated heterocycles. The van der Waals surface area contributed by atoms with Crippen molar-refractivity contribution >= 4 is 5.91 Å². The molecule has 0 saturated carbocycles. The van der Waals surface area contributed by atoms with Crippen molar-refractivity contribution in [3.05, 3.63) is 12.7 Å². The molecule has 2 heterocycles. The molecule has 118 valence electrons. The number of carbonyl (C=O) groups is 1. The Balaban J connectivity index is 1.86. The first-order chi connectivity index (χ1) is 9.86. The van der Waals surface area contributed by atoms with E-state index in [2.05, 4.69) is 20.3 Å². The summed E-state index contributed by atoms with van der Waals surface area (Å²) < 4.78 is 39.5. The highest BCUT2D eigenvalue weighted by molar-refractivity contribution is 5.76. The largest absolute Gasteiger partial charge is 0.412 e. The van der Waals surface area contributed by atoms with Crippen LogP contribution in [0.5, 0.6) is 0 Å². The lowest BCUT2D eigenvalue weighted by atomic mass is 10.0. The van der Waals surface area contributed by atoms with Crippen molar-refractivity contribution in [2.24, 2.45) is 5.92 Å². The van der Waals surface area contributed by atoms with Crippen LogP contribution in [0.4, 0.5) is 13.2 Å². The highest BCUT2D eigenvalue weighted by Crippen LogP contribution is 2.29. The first kappa shape index (κ1) is 15.7. The summed E-state index contributed by atoms with van der Waals surface area (Å²) in [6.45, 7) is 1.19. The molecule has 6 nitrogen and oxygen atoms in total. The lowest BCUT2D eigenvalue weighted by Gasteiger charge is -2.21. The first-order valence-electron chi connectivity index (χ1n) is 6.72. The Kier molecular flexibility index (Phi) is 4.81. The number of aromatic nitrogens is 3. The topological polar surface area (TPSA) is 63.1 Å². The van der Waals surface area contributed by atoms with E-state index < -0.39 is 18.8 Å². The molecule has 0 aromatic carbocycles. The van der Waals surface area contributed by atoms with E-state index in [1.807, 2.05) is 7.05 Å². The molecule has 1 fully saturated rings. The zero-order valence-corrected chi connectivity index (χ0v) is 11.7. The molecule has 9 heteroatoms. The van der Waals surface area contributed by atoms with E-state index in [0.717, 1.165) is 32.2 Å². The predicted octanol–water partition coefficient (Wildman–Crippen LogP) is 0.839. The molecular formula is C12H18F3N5O. The SMILES string of the molecule is CN1CCC(CC(=O)NCC(n2cncn2)C(F)(F)F)C1. The fourth-order valence-corrected chi connectivity index (χ4v) is 2.48. The molecule has 2 rings (SSSR count). The maximum absolute atomic E-state index is 12.9. The number of hydrogen-bond donors (Lipinski definition) is 1. The van der Waals surface area contributed by atoms with Gasteiger partial charge in [0.1, 0.15) is 12.7 Å². The Labute approximate surface area is 120 Å². The molecule has 0 radical (unpaired) electrons. The summed E-state index contributed by atoms with van der Waals surface area (Å²) in [5.41, 5.74) is 0. The van der Waals surface area contributed by atoms with Crippen molar-refractivity contribution in [1.82, 2.24) is 25.0 Å². The minimum atomic E-state index is -4.49. The van der Waals surface area contributed by atoms with Crippen molar-refractivity contribution < 1.29 is 18.0 Å². The number of alkyl halides is 3. The number of carbonyl (C=O) groups excluding carboxylic acids is 1. The van der Waals surface area contributed by atoms with Crippen molar-refractivity contribution in [2.75, 3.05) is 26.7 Å². The fourth-order valence-electron chi connectivity index (χ4n) is 2.48. The van der Waals surface area contributed by atoms with E-state index in [-0.39, 0.29) is 18.2 Å². The summed E-state index contributed by atoms with van der Waals surface area (Å²) in [4.78, 5) is 17.4. The van der Waals surface area contributed by atoms with Crippen LogP contribution in [-0.4, -0.2) is 58.4 Å². The third kappa shape index (κ3) is 4.42. The van der Waals surface area contributed by atoms with E-state index in [9.17, 15) is 18.0 Å². The van der Waals surface area contributed by atoms with Crippen LogP contribution < -0.4 is 5.32 Å². The Morgan fingerprint density at radius 2 is 2.29 bits per heavy atom. The summed E-state index contributed by atoms with van der Waals surface area (Å²) >= 11 is 0. The average Bonchev–Trinajstić information content (AvgIpc) is 3.00. The summed E-state index contributed by atoms with van der Waals surface area (Å²) in [7, 11) is 1.96. The maximum atomic E-state index is 12.9. The number of hydrogen-bond acceptors (Lipinski definition) is 4.